The molecule has 0 N–H and O–H groups in total. The summed E-state index contributed by atoms with van der Waals surface area (Å²) in [6.07, 6.45) is 0. The van der Waals surface area contributed by atoms with E-state index in [1.54, 1.807) is 38.9 Å². The van der Waals surface area contributed by atoms with E-state index in [1.807, 2.05) is 0 Å². The van der Waals surface area contributed by atoms with Crippen molar-refractivity contribution in [2.24, 2.45) is 0 Å². The Hall–Kier alpha value is 1.60. The van der Waals surface area contributed by atoms with Crippen molar-refractivity contribution in [3.05, 3.63) is 63.2 Å². The fraction of sp³-hybridized carbons (Fsp3) is 0.793. The molecule has 0 saturated heterocycles. The molecule has 0 aliphatic carbocycles. The molecule has 0 radical (unpaired) electrons. The molecular formula is C58H128GeOSi13. The number of benzene rings is 2. The third-order valence-electron chi connectivity index (χ3n) is 17.2. The van der Waals surface area contributed by atoms with E-state index >= 15 is 3.78 Å². The first-order valence-corrected chi connectivity index (χ1v) is 79.0. The van der Waals surface area contributed by atoms with E-state index < -0.39 is 119 Å². The van der Waals surface area contributed by atoms with Gasteiger partial charge in [0, 0.05) is 0 Å². The van der Waals surface area contributed by atoms with Crippen LogP contribution in [0.2, 0.25) is 255 Å². The summed E-state index contributed by atoms with van der Waals surface area (Å²) in [4.78, 5) is 0. The Morgan fingerprint density at radius 2 is 0.521 bits per heavy atom. The molecule has 0 fully saturated rings. The van der Waals surface area contributed by atoms with E-state index in [0.29, 0.717) is 25.8 Å². The van der Waals surface area contributed by atoms with Crippen LogP contribution in [-0.4, -0.2) is 119 Å². The van der Waals surface area contributed by atoms with Crippen molar-refractivity contribution in [2.45, 2.75) is 291 Å². The Bertz CT molecular complexity index is 2050. The van der Waals surface area contributed by atoms with Crippen LogP contribution in [0, 0.1) is 0 Å². The molecule has 2 aromatic rings. The van der Waals surface area contributed by atoms with E-state index in [0.717, 1.165) is 5.25 Å². The Morgan fingerprint density at radius 3 is 0.712 bits per heavy atom. The summed E-state index contributed by atoms with van der Waals surface area (Å²) in [7, 11) is -23.7. The fourth-order valence-corrected chi connectivity index (χ4v) is 119. The number of rotatable bonds is 22. The summed E-state index contributed by atoms with van der Waals surface area (Å²) < 4.78 is 19.5. The van der Waals surface area contributed by atoms with Crippen LogP contribution in [0.25, 0.3) is 0 Å². The van der Waals surface area contributed by atoms with Gasteiger partial charge in [-0.3, -0.25) is 0 Å². The molecule has 0 aliphatic heterocycles. The Morgan fingerprint density at radius 1 is 0.315 bits per heavy atom. The second kappa shape index (κ2) is 22.1. The molecule has 0 saturated carbocycles. The number of hydrogen-bond acceptors (Lipinski definition) is 1. The van der Waals surface area contributed by atoms with Crippen LogP contribution in [0.3, 0.4) is 0 Å². The fourth-order valence-electron chi connectivity index (χ4n) is 19.5. The van der Waals surface area contributed by atoms with Crippen LogP contribution in [0.4, 0.5) is 0 Å². The molecular weight excluding hydrogens is 1150 g/mol. The predicted molar refractivity (Wildman–Crippen MR) is 382 cm³/mol. The molecule has 2 rings (SSSR count). The van der Waals surface area contributed by atoms with E-state index in [-0.39, 0.29) is 4.28 Å². The topological polar surface area (TPSA) is 17.1 Å². The van der Waals surface area contributed by atoms with E-state index in [4.69, 9.17) is 0 Å². The minimum absolute atomic E-state index is 0.244. The summed E-state index contributed by atoms with van der Waals surface area (Å²) in [6.45, 7) is 106. The van der Waals surface area contributed by atoms with Crippen molar-refractivity contribution in [1.82, 2.24) is 0 Å². The van der Waals surface area contributed by atoms with E-state index in [2.05, 4.69) is 280 Å². The molecule has 0 aromatic heterocycles. The Labute approximate surface area is 476 Å². The van der Waals surface area contributed by atoms with Crippen molar-refractivity contribution in [3.63, 3.8) is 0 Å². The molecule has 0 aliphatic rings. The van der Waals surface area contributed by atoms with Gasteiger partial charge in [-0.05, 0) is 0 Å². The van der Waals surface area contributed by atoms with Crippen molar-refractivity contribution >= 4 is 124 Å². The third kappa shape index (κ3) is 15.8. The van der Waals surface area contributed by atoms with Crippen molar-refractivity contribution in [3.8, 4) is 0 Å². The van der Waals surface area contributed by atoms with Crippen molar-refractivity contribution in [1.29, 1.82) is 0 Å². The molecule has 0 amide bonds. The molecule has 0 bridgehead atoms. The van der Waals surface area contributed by atoms with Crippen LogP contribution in [0.1, 0.15) is 64.8 Å². The summed E-state index contributed by atoms with van der Waals surface area (Å²) in [5, 5.41) is 3.71. The van der Waals surface area contributed by atoms with Crippen LogP contribution < -0.4 is 4.40 Å². The Kier molecular flexibility index (Phi) is 21.4. The van der Waals surface area contributed by atoms with Gasteiger partial charge in [0.15, 0.2) is 0 Å². The van der Waals surface area contributed by atoms with Gasteiger partial charge < -0.3 is 0 Å². The summed E-state index contributed by atoms with van der Waals surface area (Å²) >= 11 is -3.41. The molecule has 15 heteroatoms. The molecule has 0 heterocycles. The molecule has 0 unspecified atom stereocenters. The zero-order valence-electron chi connectivity index (χ0n) is 56.8. The maximum atomic E-state index is 17.8. The predicted octanol–water partition coefficient (Wildman–Crippen LogP) is 20.2. The van der Waals surface area contributed by atoms with E-state index in [9.17, 15) is 0 Å². The number of hydrogen-bond donors (Lipinski definition) is 0. The Balaban J connectivity index is 3.99. The zero-order chi connectivity index (χ0) is 58.6. The van der Waals surface area contributed by atoms with Crippen LogP contribution >= 0.6 is 0 Å². The molecule has 422 valence electrons. The van der Waals surface area contributed by atoms with Crippen LogP contribution in [0.5, 0.6) is 0 Å². The second-order valence-electron chi connectivity index (χ2n) is 38.1. The van der Waals surface area contributed by atoms with E-state index in [1.165, 1.54) is 4.40 Å². The quantitative estimate of drug-likeness (QED) is 0.107. The first-order chi connectivity index (χ1) is 31.4. The first-order valence-electron chi connectivity index (χ1n) is 29.3. The maximum absolute atomic E-state index is 17.8. The molecule has 0 spiro atoms. The standard InChI is InChI=1S/C58H128GeOSi13/c1-61(2,3)53(62(4,5)6)45-40-47(54(63(7,8)9)64(10,11)12)51(48(41-45)55(65(13,14)15)66(16,17)18)44-59(60)52-49(56(67(19,20)21)68(22,23)24)42-46(43-50(52)57(69(25,26)27)70(28,29)30)58(71(31,32)33,72(34,35)36)73(37,38)39/h40-43,53-57H,44H2,1-39H3. The normalized spacial score (nSPS) is 15.5. The molecule has 0 atom stereocenters. The van der Waals surface area contributed by atoms with Gasteiger partial charge in [-0.2, -0.15) is 0 Å². The van der Waals surface area contributed by atoms with Gasteiger partial charge in [0.25, 0.3) is 0 Å². The molecule has 73 heavy (non-hydrogen) atoms. The zero-order valence-corrected chi connectivity index (χ0v) is 71.9. The van der Waals surface area contributed by atoms with Gasteiger partial charge in [-0.25, -0.2) is 0 Å². The first kappa shape index (κ1) is 70.7. The van der Waals surface area contributed by atoms with Gasteiger partial charge in [-0.1, -0.05) is 0 Å². The summed E-state index contributed by atoms with van der Waals surface area (Å²) in [5.74, 6) is 0. The SMILES string of the molecule is C[Si](C)(C)C(c1cc(C([Si](C)(C)C)[Si](C)(C)C)c([CH2][Ge](=[O])[c]2c(C([Si](C)(C)C)[Si](C)(C)C)cc(C([Si](C)(C)C)([Si](C)(C)C)[Si](C)(C)C)cc2C([Si](C)(C)C)[Si](C)(C)C)c(C([Si](C)(C)C)[Si](C)(C)C)c1)[Si](C)(C)C. The average molecular weight is 1280 g/mol. The summed E-state index contributed by atoms with van der Waals surface area (Å²) in [5.41, 5.74) is 11.8. The van der Waals surface area contributed by atoms with Gasteiger partial charge >= 0.3 is 481 Å². The van der Waals surface area contributed by atoms with Crippen LogP contribution in [-0.2, 0) is 13.3 Å². The monoisotopic (exact) mass is 1280 g/mol. The second-order valence-corrected chi connectivity index (χ2v) is 115. The average Bonchev–Trinajstić information content (AvgIpc) is 2.97. The van der Waals surface area contributed by atoms with Crippen molar-refractivity contribution < 1.29 is 3.78 Å². The molecule has 1 nitrogen and oxygen atoms in total. The minimum atomic E-state index is -3.41. The molecule has 2 aromatic carbocycles. The van der Waals surface area contributed by atoms with Gasteiger partial charge in [-0.15, -0.1) is 0 Å². The van der Waals surface area contributed by atoms with Gasteiger partial charge in [0.05, 0.1) is 0 Å². The van der Waals surface area contributed by atoms with Gasteiger partial charge in [0.2, 0.25) is 0 Å². The third-order valence-corrected chi connectivity index (χ3v) is 88.6. The van der Waals surface area contributed by atoms with Crippen LogP contribution in [0.15, 0.2) is 24.3 Å². The summed E-state index contributed by atoms with van der Waals surface area (Å²) in [6, 6.07) is 11.7. The van der Waals surface area contributed by atoms with Crippen molar-refractivity contribution in [2.75, 3.05) is 0 Å². The van der Waals surface area contributed by atoms with Gasteiger partial charge in [0.1, 0.15) is 0 Å².